The molecule has 5 nitrogen and oxygen atoms in total. The summed E-state index contributed by atoms with van der Waals surface area (Å²) in [4.78, 5) is 6.51. The van der Waals surface area contributed by atoms with Gasteiger partial charge in [0.2, 0.25) is 13.8 Å². The van der Waals surface area contributed by atoms with Crippen LogP contribution in [0.3, 0.4) is 0 Å². The van der Waals surface area contributed by atoms with Crippen LogP contribution in [0.15, 0.2) is 66.7 Å². The highest BCUT2D eigenvalue weighted by molar-refractivity contribution is 7.11. The second-order valence-electron chi connectivity index (χ2n) is 17.0. The second-order valence-corrected chi connectivity index (χ2v) is 25.5. The molecule has 3 aromatic carbocycles. The molecule has 1 unspecified atom stereocenters. The third-order valence-corrected chi connectivity index (χ3v) is 19.9. The zero-order chi connectivity index (χ0) is 38.9. The van der Waals surface area contributed by atoms with Crippen LogP contribution in [0.1, 0.15) is 138 Å². The van der Waals surface area contributed by atoms with Gasteiger partial charge in [-0.1, -0.05) is 136 Å². The number of imidazole rings is 1. The topological polar surface area (TPSA) is 35.2 Å². The summed E-state index contributed by atoms with van der Waals surface area (Å²) in [5.41, 5.74) is 13.4. The van der Waals surface area contributed by atoms with Gasteiger partial charge in [-0.25, -0.2) is 9.13 Å². The molecule has 5 rings (SSSR count). The SMILES string of the molecule is CCOCC.Cc1ccc(C2(c3ccc(C)cc3)N([Si](C)(C)C)[Si@]2([N-]c2c(C(C)C)cccc2C(C)C)c2n(C(C)C)c(C)c(C)[n+]2C(C)C)cc1. The van der Waals surface area contributed by atoms with Crippen LogP contribution in [0, 0.1) is 27.7 Å². The van der Waals surface area contributed by atoms with Crippen LogP contribution in [-0.4, -0.2) is 38.6 Å². The van der Waals surface area contributed by atoms with Gasteiger partial charge in [-0.3, -0.25) is 0 Å². The van der Waals surface area contributed by atoms with Crippen LogP contribution in [0.4, 0.5) is 5.69 Å². The molecule has 52 heavy (non-hydrogen) atoms. The Labute approximate surface area is 320 Å². The number of hydrogen-bond donors (Lipinski definition) is 0. The van der Waals surface area contributed by atoms with E-state index in [1.807, 2.05) is 13.8 Å². The molecule has 1 aromatic heterocycles. The molecule has 284 valence electrons. The first kappa shape index (κ1) is 41.8. The normalized spacial score (nSPS) is 18.3. The largest absolute Gasteiger partial charge is 0.664 e. The molecule has 1 aliphatic heterocycles. The monoisotopic (exact) mass is 739 g/mol. The fourth-order valence-corrected chi connectivity index (χ4v) is 21.4. The van der Waals surface area contributed by atoms with E-state index in [1.54, 1.807) is 0 Å². The average molecular weight is 739 g/mol. The Morgan fingerprint density at radius 2 is 1.15 bits per heavy atom. The van der Waals surface area contributed by atoms with E-state index < -0.39 is 16.6 Å². The highest BCUT2D eigenvalue weighted by Gasteiger charge is 2.80. The molecular formula is C45H70N4OSi2. The highest BCUT2D eigenvalue weighted by Crippen LogP contribution is 2.66. The predicted molar refractivity (Wildman–Crippen MR) is 228 cm³/mol. The molecule has 4 aromatic rings. The molecule has 0 N–H and O–H groups in total. The van der Waals surface area contributed by atoms with Crippen molar-refractivity contribution in [3.05, 3.63) is 116 Å². The van der Waals surface area contributed by atoms with Gasteiger partial charge in [-0.05, 0) is 78.4 Å². The maximum Gasteiger partial charge on any atom is 0.223 e. The molecule has 2 heterocycles. The fraction of sp³-hybridized carbons (Fsp3) is 0.533. The molecule has 0 spiro atoms. The van der Waals surface area contributed by atoms with Gasteiger partial charge in [-0.15, -0.1) is 5.69 Å². The Bertz CT molecular complexity index is 1690. The third-order valence-electron chi connectivity index (χ3n) is 10.8. The summed E-state index contributed by atoms with van der Waals surface area (Å²) in [6.07, 6.45) is 0. The molecule has 0 bridgehead atoms. The summed E-state index contributed by atoms with van der Waals surface area (Å²) in [6.45, 7) is 41.2. The van der Waals surface area contributed by atoms with Crippen molar-refractivity contribution >= 4 is 27.8 Å². The minimum Gasteiger partial charge on any atom is -0.664 e. The third kappa shape index (κ3) is 7.27. The summed E-state index contributed by atoms with van der Waals surface area (Å²) >= 11 is 0. The van der Waals surface area contributed by atoms with E-state index in [9.17, 15) is 0 Å². The summed E-state index contributed by atoms with van der Waals surface area (Å²) in [7, 11) is -5.13. The maximum atomic E-state index is 6.51. The number of nitrogens with zero attached hydrogens (tertiary/aromatic N) is 4. The molecule has 1 saturated heterocycles. The lowest BCUT2D eigenvalue weighted by molar-refractivity contribution is -0.705. The van der Waals surface area contributed by atoms with Crippen LogP contribution >= 0.6 is 0 Å². The van der Waals surface area contributed by atoms with Crippen LogP contribution in [-0.2, 0) is 9.90 Å². The summed E-state index contributed by atoms with van der Waals surface area (Å²) in [5, 5.41) is -0.363. The molecule has 1 fully saturated rings. The maximum absolute atomic E-state index is 6.51. The Balaban J connectivity index is 0.00000113. The zero-order valence-corrected chi connectivity index (χ0v) is 37.8. The minimum absolute atomic E-state index is 0.297. The summed E-state index contributed by atoms with van der Waals surface area (Å²) < 4.78 is 13.2. The van der Waals surface area contributed by atoms with Crippen LogP contribution in [0.25, 0.3) is 4.98 Å². The molecule has 2 atom stereocenters. The number of ether oxygens (including phenoxy) is 1. The van der Waals surface area contributed by atoms with Crippen LogP contribution in [0.5, 0.6) is 0 Å². The molecule has 0 amide bonds. The molecule has 0 aliphatic carbocycles. The van der Waals surface area contributed by atoms with Gasteiger partial charge in [0.15, 0.2) is 0 Å². The van der Waals surface area contributed by atoms with Gasteiger partial charge in [0.1, 0.15) is 19.6 Å². The lowest BCUT2D eigenvalue weighted by atomic mass is 9.93. The van der Waals surface area contributed by atoms with Gasteiger partial charge in [0.05, 0.1) is 17.2 Å². The van der Waals surface area contributed by atoms with E-state index in [0.29, 0.717) is 23.9 Å². The van der Waals surface area contributed by atoms with Crippen molar-refractivity contribution in [2.75, 3.05) is 13.2 Å². The quantitative estimate of drug-likeness (QED) is 0.0824. The molecule has 0 radical (unpaired) electrons. The zero-order valence-electron chi connectivity index (χ0n) is 35.8. The number of benzene rings is 3. The second kappa shape index (κ2) is 16.2. The first-order valence-corrected chi connectivity index (χ1v) is 25.2. The van der Waals surface area contributed by atoms with Crippen molar-refractivity contribution in [1.82, 2.24) is 8.80 Å². The van der Waals surface area contributed by atoms with Crippen LogP contribution < -0.4 is 10.0 Å². The molecular weight excluding hydrogens is 669 g/mol. The van der Waals surface area contributed by atoms with Crippen molar-refractivity contribution in [2.45, 2.75) is 146 Å². The molecule has 1 aliphatic rings. The van der Waals surface area contributed by atoms with Crippen molar-refractivity contribution in [1.29, 1.82) is 0 Å². The smallest absolute Gasteiger partial charge is 0.223 e. The number of aryl methyl sites for hydroxylation is 2. The summed E-state index contributed by atoms with van der Waals surface area (Å²) in [5.74, 6) is 0.728. The summed E-state index contributed by atoms with van der Waals surface area (Å²) in [6, 6.07) is 26.5. The predicted octanol–water partition coefficient (Wildman–Crippen LogP) is 11.4. The van der Waals surface area contributed by atoms with E-state index in [4.69, 9.17) is 9.72 Å². The Morgan fingerprint density at radius 1 is 0.712 bits per heavy atom. The fourth-order valence-electron chi connectivity index (χ4n) is 8.59. The van der Waals surface area contributed by atoms with Gasteiger partial charge in [-0.2, -0.15) is 0 Å². The number of hydrogen-bond acceptors (Lipinski definition) is 2. The van der Waals surface area contributed by atoms with Crippen molar-refractivity contribution in [3.63, 3.8) is 0 Å². The van der Waals surface area contributed by atoms with E-state index >= 15 is 0 Å². The van der Waals surface area contributed by atoms with Crippen molar-refractivity contribution in [3.8, 4) is 0 Å². The van der Waals surface area contributed by atoms with E-state index in [1.165, 1.54) is 55.9 Å². The highest BCUT2D eigenvalue weighted by atomic mass is 28.4. The standard InChI is InChI=1S/C41H60N4Si2.C4H10O/c1-27(2)37-17-16-18-38(28(3)4)39(37)42-47(40-43(29(5)6)33(11)34(12)44(40)30(7)8)41(45(47)46(13,14)15,35-23-19-31(9)20-24-35)36-25-21-32(10)22-26-36;1-3-5-4-2/h16-30H,1-15H3;3-4H2,1-2H3/t45?,47-;/m1./s1. The van der Waals surface area contributed by atoms with Crippen molar-refractivity contribution < 1.29 is 9.30 Å². The first-order chi connectivity index (χ1) is 24.3. The minimum atomic E-state index is -3.06. The average Bonchev–Trinajstić information content (AvgIpc) is 3.59. The Morgan fingerprint density at radius 3 is 1.48 bits per heavy atom. The Hall–Kier alpha value is -2.98. The van der Waals surface area contributed by atoms with E-state index in [0.717, 1.165) is 13.2 Å². The van der Waals surface area contributed by atoms with E-state index in [2.05, 4.69) is 183 Å². The van der Waals surface area contributed by atoms with Crippen LogP contribution in [0.2, 0.25) is 19.6 Å². The van der Waals surface area contributed by atoms with Gasteiger partial charge in [0.25, 0.3) is 0 Å². The molecule has 0 saturated carbocycles. The first-order valence-electron chi connectivity index (χ1n) is 19.9. The van der Waals surface area contributed by atoms with Gasteiger partial charge in [0, 0.05) is 27.1 Å². The van der Waals surface area contributed by atoms with E-state index in [-0.39, 0.29) is 5.16 Å². The Kier molecular flexibility index (Phi) is 13.0. The number of rotatable bonds is 12. The lowest BCUT2D eigenvalue weighted by Gasteiger charge is -2.39. The number of aromatic nitrogens is 2. The van der Waals surface area contributed by atoms with Gasteiger partial charge >= 0.3 is 0 Å². The lowest BCUT2D eigenvalue weighted by Crippen LogP contribution is -2.66. The molecule has 7 heteroatoms. The van der Waals surface area contributed by atoms with Crippen molar-refractivity contribution in [2.24, 2.45) is 0 Å². The van der Waals surface area contributed by atoms with Gasteiger partial charge < -0.3 is 14.0 Å².